The third-order valence-electron chi connectivity index (χ3n) is 6.05. The summed E-state index contributed by atoms with van der Waals surface area (Å²) in [7, 11) is 0. The molecule has 1 aromatic rings. The lowest BCUT2D eigenvalue weighted by Crippen LogP contribution is -2.53. The molecule has 120 valence electrons. The van der Waals surface area contributed by atoms with Crippen LogP contribution in [0, 0.1) is 34.6 Å². The van der Waals surface area contributed by atoms with Crippen LogP contribution in [0.5, 0.6) is 0 Å². The van der Waals surface area contributed by atoms with Crippen molar-refractivity contribution in [3.05, 3.63) is 33.4 Å². The molecule has 2 aliphatic rings. The van der Waals surface area contributed by atoms with E-state index in [0.717, 1.165) is 6.54 Å². The standard InChI is InChI=1S/C18H25NO3/c1-10-11(2)13(4)16(14(5)12(10)3)8-19-7-15-6-18(19,9-22-15)17(20)21/h15H,6-9H2,1-5H3,(H,20,21). The number of rotatable bonds is 3. The van der Waals surface area contributed by atoms with Crippen molar-refractivity contribution in [2.75, 3.05) is 13.2 Å². The molecule has 2 saturated heterocycles. The largest absolute Gasteiger partial charge is 0.480 e. The zero-order valence-corrected chi connectivity index (χ0v) is 14.1. The van der Waals surface area contributed by atoms with E-state index in [0.29, 0.717) is 19.6 Å². The van der Waals surface area contributed by atoms with E-state index >= 15 is 0 Å². The zero-order valence-electron chi connectivity index (χ0n) is 14.1. The molecule has 0 amide bonds. The van der Waals surface area contributed by atoms with Crippen molar-refractivity contribution in [2.24, 2.45) is 0 Å². The van der Waals surface area contributed by atoms with E-state index in [4.69, 9.17) is 4.74 Å². The van der Waals surface area contributed by atoms with Gasteiger partial charge in [-0.3, -0.25) is 9.69 Å². The molecule has 4 nitrogen and oxygen atoms in total. The van der Waals surface area contributed by atoms with Crippen molar-refractivity contribution in [1.82, 2.24) is 4.90 Å². The maximum Gasteiger partial charge on any atom is 0.326 e. The summed E-state index contributed by atoms with van der Waals surface area (Å²) in [5, 5.41) is 9.71. The summed E-state index contributed by atoms with van der Waals surface area (Å²) in [6.45, 7) is 12.5. The predicted octanol–water partition coefficient (Wildman–Crippen LogP) is 2.66. The molecule has 2 bridgehead atoms. The lowest BCUT2D eigenvalue weighted by Gasteiger charge is -2.35. The van der Waals surface area contributed by atoms with Crippen LogP contribution in [0.4, 0.5) is 0 Å². The zero-order chi connectivity index (χ0) is 16.2. The van der Waals surface area contributed by atoms with E-state index in [2.05, 4.69) is 39.5 Å². The molecule has 22 heavy (non-hydrogen) atoms. The number of fused-ring (bicyclic) bond motifs is 2. The molecule has 2 unspecified atom stereocenters. The SMILES string of the molecule is Cc1c(C)c(C)c(CN2CC3CC2(C(=O)O)CO3)c(C)c1C. The summed E-state index contributed by atoms with van der Waals surface area (Å²) >= 11 is 0. The molecule has 0 saturated carbocycles. The average Bonchev–Trinajstić information content (AvgIpc) is 3.07. The summed E-state index contributed by atoms with van der Waals surface area (Å²) in [4.78, 5) is 13.9. The number of carboxylic acids is 1. The number of hydrogen-bond donors (Lipinski definition) is 1. The first-order valence-electron chi connectivity index (χ1n) is 7.94. The van der Waals surface area contributed by atoms with Crippen molar-refractivity contribution >= 4 is 5.97 Å². The fourth-order valence-electron chi connectivity index (χ4n) is 4.01. The van der Waals surface area contributed by atoms with Gasteiger partial charge in [-0.05, 0) is 68.0 Å². The molecular weight excluding hydrogens is 278 g/mol. The smallest absolute Gasteiger partial charge is 0.326 e. The van der Waals surface area contributed by atoms with E-state index in [1.165, 1.54) is 33.4 Å². The molecule has 2 fully saturated rings. The number of ether oxygens (including phenoxy) is 1. The Kier molecular flexibility index (Phi) is 3.57. The van der Waals surface area contributed by atoms with Gasteiger partial charge in [-0.1, -0.05) is 0 Å². The predicted molar refractivity (Wildman–Crippen MR) is 85.3 cm³/mol. The summed E-state index contributed by atoms with van der Waals surface area (Å²) < 4.78 is 5.59. The maximum absolute atomic E-state index is 11.8. The number of aliphatic carboxylic acids is 1. The molecule has 2 aliphatic heterocycles. The molecule has 2 heterocycles. The van der Waals surface area contributed by atoms with Gasteiger partial charge in [0.15, 0.2) is 0 Å². The van der Waals surface area contributed by atoms with Gasteiger partial charge < -0.3 is 9.84 Å². The molecule has 3 rings (SSSR count). The average molecular weight is 303 g/mol. The Bertz CT molecular complexity index is 623. The molecule has 4 heteroatoms. The Morgan fingerprint density at radius 3 is 2.18 bits per heavy atom. The van der Waals surface area contributed by atoms with Crippen LogP contribution in [-0.4, -0.2) is 40.8 Å². The van der Waals surface area contributed by atoms with Crippen LogP contribution in [0.2, 0.25) is 0 Å². The van der Waals surface area contributed by atoms with Crippen LogP contribution in [0.3, 0.4) is 0 Å². The Labute approximate surface area is 132 Å². The van der Waals surface area contributed by atoms with Crippen molar-refractivity contribution < 1.29 is 14.6 Å². The summed E-state index contributed by atoms with van der Waals surface area (Å²) in [5.41, 5.74) is 7.04. The van der Waals surface area contributed by atoms with Crippen LogP contribution in [0.15, 0.2) is 0 Å². The maximum atomic E-state index is 11.8. The summed E-state index contributed by atoms with van der Waals surface area (Å²) in [5.74, 6) is -0.747. The van der Waals surface area contributed by atoms with Crippen molar-refractivity contribution in [3.63, 3.8) is 0 Å². The monoisotopic (exact) mass is 303 g/mol. The highest BCUT2D eigenvalue weighted by Gasteiger charge is 2.57. The normalized spacial score (nSPS) is 27.6. The van der Waals surface area contributed by atoms with Gasteiger partial charge in [0.1, 0.15) is 5.54 Å². The van der Waals surface area contributed by atoms with Gasteiger partial charge in [0.25, 0.3) is 0 Å². The molecule has 1 N–H and O–H groups in total. The molecule has 0 radical (unpaired) electrons. The first-order chi connectivity index (χ1) is 10.3. The molecule has 0 spiro atoms. The quantitative estimate of drug-likeness (QED) is 0.932. The molecule has 2 atom stereocenters. The van der Waals surface area contributed by atoms with Crippen molar-refractivity contribution in [1.29, 1.82) is 0 Å². The topological polar surface area (TPSA) is 49.8 Å². The van der Waals surface area contributed by atoms with E-state index in [1.54, 1.807) is 0 Å². The number of hydrogen-bond acceptors (Lipinski definition) is 3. The highest BCUT2D eigenvalue weighted by atomic mass is 16.5. The minimum Gasteiger partial charge on any atom is -0.480 e. The molecule has 0 aromatic heterocycles. The Morgan fingerprint density at radius 2 is 1.68 bits per heavy atom. The van der Waals surface area contributed by atoms with E-state index < -0.39 is 11.5 Å². The third-order valence-corrected chi connectivity index (χ3v) is 6.05. The summed E-state index contributed by atoms with van der Waals surface area (Å²) in [6, 6.07) is 0. The Balaban J connectivity index is 2.00. The second-order valence-corrected chi connectivity index (χ2v) is 6.96. The van der Waals surface area contributed by atoms with Gasteiger partial charge in [0, 0.05) is 19.5 Å². The lowest BCUT2D eigenvalue weighted by molar-refractivity contribution is -0.153. The summed E-state index contributed by atoms with van der Waals surface area (Å²) in [6.07, 6.45) is 0.689. The van der Waals surface area contributed by atoms with Crippen LogP contribution in [0.25, 0.3) is 0 Å². The molecule has 0 aliphatic carbocycles. The highest BCUT2D eigenvalue weighted by molar-refractivity contribution is 5.80. The molecular formula is C18H25NO3. The fraction of sp³-hybridized carbons (Fsp3) is 0.611. The van der Waals surface area contributed by atoms with Gasteiger partial charge in [0.2, 0.25) is 0 Å². The van der Waals surface area contributed by atoms with E-state index in [9.17, 15) is 9.90 Å². The number of carboxylic acid groups (broad SMARTS) is 1. The number of likely N-dealkylation sites (tertiary alicyclic amines) is 1. The number of carbonyl (C=O) groups is 1. The minimum atomic E-state index is -0.823. The minimum absolute atomic E-state index is 0.0735. The van der Waals surface area contributed by atoms with Crippen molar-refractivity contribution in [3.8, 4) is 0 Å². The Morgan fingerprint density at radius 1 is 1.14 bits per heavy atom. The first-order valence-corrected chi connectivity index (χ1v) is 7.94. The second kappa shape index (κ2) is 5.07. The van der Waals surface area contributed by atoms with E-state index in [1.807, 2.05) is 0 Å². The van der Waals surface area contributed by atoms with Gasteiger partial charge in [-0.2, -0.15) is 0 Å². The van der Waals surface area contributed by atoms with Gasteiger partial charge in [-0.15, -0.1) is 0 Å². The number of nitrogens with zero attached hydrogens (tertiary/aromatic N) is 1. The van der Waals surface area contributed by atoms with Gasteiger partial charge in [-0.25, -0.2) is 0 Å². The number of morpholine rings is 1. The third kappa shape index (κ3) is 2.01. The van der Waals surface area contributed by atoms with Gasteiger partial charge >= 0.3 is 5.97 Å². The Hall–Kier alpha value is -1.39. The van der Waals surface area contributed by atoms with Crippen LogP contribution < -0.4 is 0 Å². The van der Waals surface area contributed by atoms with Crippen molar-refractivity contribution in [2.45, 2.75) is 59.2 Å². The van der Waals surface area contributed by atoms with Crippen LogP contribution >= 0.6 is 0 Å². The second-order valence-electron chi connectivity index (χ2n) is 6.96. The fourth-order valence-corrected chi connectivity index (χ4v) is 4.01. The lowest BCUT2D eigenvalue weighted by atomic mass is 9.88. The molecule has 1 aromatic carbocycles. The number of benzene rings is 1. The van der Waals surface area contributed by atoms with Crippen LogP contribution in [-0.2, 0) is 16.1 Å². The highest BCUT2D eigenvalue weighted by Crippen LogP contribution is 2.40. The van der Waals surface area contributed by atoms with Crippen LogP contribution in [0.1, 0.15) is 39.8 Å². The van der Waals surface area contributed by atoms with Gasteiger partial charge in [0.05, 0.1) is 12.7 Å². The van der Waals surface area contributed by atoms with E-state index in [-0.39, 0.29) is 6.10 Å². The first kappa shape index (κ1) is 15.5.